The molecule has 7 heteroatoms. The average Bonchev–Trinajstić information content (AvgIpc) is 0. The van der Waals surface area contributed by atoms with Gasteiger partial charge in [-0.15, -0.1) is 0 Å². The van der Waals surface area contributed by atoms with Crippen LogP contribution in [-0.2, 0) is 39.3 Å². The van der Waals surface area contributed by atoms with Crippen LogP contribution in [0.2, 0.25) is 0 Å². The van der Waals surface area contributed by atoms with E-state index < -0.39 is 0 Å². The summed E-state index contributed by atoms with van der Waals surface area (Å²) in [5, 5.41) is 0. The summed E-state index contributed by atoms with van der Waals surface area (Å²) in [6.45, 7) is 0. The summed E-state index contributed by atoms with van der Waals surface area (Å²) in [6, 6.07) is 0. The Morgan fingerprint density at radius 2 is 0.429 bits per heavy atom. The number of hydrogen-bond acceptors (Lipinski definition) is 0. The van der Waals surface area contributed by atoms with Gasteiger partial charge in [-0.25, -0.2) is 0 Å². The molecule has 0 N–H and O–H groups in total. The maximum Gasteiger partial charge on any atom is 6.00 e. The third kappa shape index (κ3) is 37.6. The van der Waals surface area contributed by atoms with Crippen LogP contribution in [-0.4, -0.2) is 0 Å². The van der Waals surface area contributed by atoms with Crippen LogP contribution in [0.1, 0.15) is 0 Å². The van der Waals surface area contributed by atoms with Crippen LogP contribution in [0.25, 0.3) is 0 Å². The molecule has 0 aromatic heterocycles. The first-order chi connectivity index (χ1) is 0. The molecule has 0 fully saturated rings. The molecule has 0 rings (SSSR count). The molecule has 7 heavy (non-hydrogen) atoms. The second-order valence-corrected chi connectivity index (χ2v) is 0. The smallest absolute Gasteiger partial charge is 2.00 e. The molecule has 0 saturated carbocycles. The van der Waals surface area contributed by atoms with E-state index in [1.54, 1.807) is 0 Å². The molecule has 0 heterocycles. The molecule has 0 aromatic carbocycles. The van der Waals surface area contributed by atoms with Gasteiger partial charge in [0.25, 0.3) is 0 Å². The molecule has 0 atom stereocenters. The van der Waals surface area contributed by atoms with Crippen molar-refractivity contribution in [1.29, 1.82) is 0 Å². The van der Waals surface area contributed by atoms with E-state index in [0.29, 0.717) is 0 Å². The Morgan fingerprint density at radius 3 is 0.429 bits per heavy atom. The Morgan fingerprint density at radius 1 is 0.429 bits per heavy atom. The molecule has 0 aromatic rings. The molecule has 0 unspecified atom stereocenters. The van der Waals surface area contributed by atoms with E-state index in [4.69, 9.17) is 0 Å². The van der Waals surface area contributed by atoms with Crippen molar-refractivity contribution in [2.75, 3.05) is 0 Å². The van der Waals surface area contributed by atoms with Gasteiger partial charge in [-0.2, -0.15) is 0 Å². The fourth-order valence-electron chi connectivity index (χ4n) is 0. The van der Waals surface area contributed by atoms with E-state index in [1.807, 2.05) is 0 Å². The van der Waals surface area contributed by atoms with Gasteiger partial charge in [-0.05, 0) is 0 Å². The summed E-state index contributed by atoms with van der Waals surface area (Å²) in [6.07, 6.45) is 0. The van der Waals surface area contributed by atoms with Crippen molar-refractivity contribution in [1.82, 2.24) is 0 Å². The summed E-state index contributed by atoms with van der Waals surface area (Å²) in [5.74, 6) is 0. The SMILES string of the molecule is [Cr+6].[Cs+].[Cs+].[O-2].[O-2].[O-2].[O-2]. The third-order valence-corrected chi connectivity index (χ3v) is 0. The third-order valence-electron chi connectivity index (χ3n) is 0. The summed E-state index contributed by atoms with van der Waals surface area (Å²) in [5.41, 5.74) is 0. The zero-order valence-corrected chi connectivity index (χ0v) is 17.9. The topological polar surface area (TPSA) is 114 Å². The van der Waals surface area contributed by atoms with Gasteiger partial charge >= 0.3 is 155 Å². The van der Waals surface area contributed by atoms with Crippen LogP contribution in [0.5, 0.6) is 0 Å². The minimum absolute atomic E-state index is 0. The van der Waals surface area contributed by atoms with Gasteiger partial charge in [0.15, 0.2) is 0 Å². The van der Waals surface area contributed by atoms with Crippen molar-refractivity contribution in [2.24, 2.45) is 0 Å². The van der Waals surface area contributed by atoms with Crippen molar-refractivity contribution in [3.05, 3.63) is 0 Å². The normalized spacial score (nSPS) is 0. The zero-order valence-electron chi connectivity index (χ0n) is 4.04. The summed E-state index contributed by atoms with van der Waals surface area (Å²) in [4.78, 5) is 0. The second-order valence-electron chi connectivity index (χ2n) is 0. The minimum atomic E-state index is 0. The van der Waals surface area contributed by atoms with Crippen LogP contribution >= 0.6 is 0 Å². The number of hydrogen-bond donors (Lipinski definition) is 0. The minimum Gasteiger partial charge on any atom is -2.00 e. The Bertz CT molecular complexity index is 9.65. The Labute approximate surface area is 171 Å². The van der Waals surface area contributed by atoms with Crippen molar-refractivity contribution in [3.8, 4) is 0 Å². The average molecular weight is 382 g/mol. The van der Waals surface area contributed by atoms with E-state index in [-0.39, 0.29) is 177 Å². The van der Waals surface area contributed by atoms with Crippen LogP contribution in [0.4, 0.5) is 0 Å². The molecular formula is CrCs2O4. The van der Waals surface area contributed by atoms with E-state index in [1.165, 1.54) is 0 Å². The van der Waals surface area contributed by atoms with Crippen molar-refractivity contribution in [3.63, 3.8) is 0 Å². The van der Waals surface area contributed by atoms with E-state index in [2.05, 4.69) is 0 Å². The summed E-state index contributed by atoms with van der Waals surface area (Å²) < 4.78 is 0. The van der Waals surface area contributed by atoms with Gasteiger partial charge in [-0.1, -0.05) is 0 Å². The molecule has 0 bridgehead atoms. The molecular weight excluding hydrogens is 382 g/mol. The molecule has 0 aliphatic carbocycles. The van der Waals surface area contributed by atoms with E-state index in [0.717, 1.165) is 0 Å². The quantitative estimate of drug-likeness (QED) is 0.397. The van der Waals surface area contributed by atoms with Crippen molar-refractivity contribution in [2.45, 2.75) is 0 Å². The largest absolute Gasteiger partial charge is 6.00 e. The molecule has 0 spiro atoms. The molecule has 0 amide bonds. The predicted octanol–water partition coefficient (Wildman–Crippen LogP) is -6.47. The van der Waals surface area contributed by atoms with Crippen LogP contribution < -0.4 is 138 Å². The van der Waals surface area contributed by atoms with Gasteiger partial charge in [0.1, 0.15) is 0 Å². The maximum atomic E-state index is 0. The van der Waals surface area contributed by atoms with E-state index in [9.17, 15) is 0 Å². The standard InChI is InChI=1S/Cr.2Cs.4O/q+6;2*+1;4*-2. The van der Waals surface area contributed by atoms with Crippen LogP contribution in [0.3, 0.4) is 0 Å². The van der Waals surface area contributed by atoms with Crippen LogP contribution in [0.15, 0.2) is 0 Å². The Kier molecular flexibility index (Phi) is 422. The van der Waals surface area contributed by atoms with Crippen molar-refractivity contribution >= 4 is 0 Å². The second kappa shape index (κ2) is 47.0. The maximum absolute atomic E-state index is 0. The van der Waals surface area contributed by atoms with Crippen molar-refractivity contribution < 1.29 is 177 Å². The molecule has 0 aliphatic rings. The zero-order chi connectivity index (χ0) is 0. The summed E-state index contributed by atoms with van der Waals surface area (Å²) >= 11 is 0. The Balaban J connectivity index is 0. The first-order valence-corrected chi connectivity index (χ1v) is 0. The van der Waals surface area contributed by atoms with Gasteiger partial charge in [0.05, 0.1) is 0 Å². The first-order valence-electron chi connectivity index (χ1n) is 0. The van der Waals surface area contributed by atoms with Gasteiger partial charge in [-0.3, -0.25) is 0 Å². The molecule has 4 nitrogen and oxygen atoms in total. The van der Waals surface area contributed by atoms with Crippen LogP contribution in [0, 0.1) is 0 Å². The molecule has 32 valence electrons. The Hall–Kier alpha value is 4.48. The van der Waals surface area contributed by atoms with Gasteiger partial charge in [0, 0.05) is 0 Å². The van der Waals surface area contributed by atoms with Gasteiger partial charge in [0.2, 0.25) is 0 Å². The summed E-state index contributed by atoms with van der Waals surface area (Å²) in [7, 11) is 0. The van der Waals surface area contributed by atoms with E-state index >= 15 is 0 Å². The monoisotopic (exact) mass is 382 g/mol. The fourth-order valence-corrected chi connectivity index (χ4v) is 0. The molecule has 0 aliphatic heterocycles. The molecule has 0 saturated heterocycles. The van der Waals surface area contributed by atoms with Gasteiger partial charge < -0.3 is 21.9 Å². The fraction of sp³-hybridized carbons (Fsp3) is 0. The number of rotatable bonds is 0. The molecule has 0 radical (unpaired) electrons. The predicted molar refractivity (Wildman–Crippen MR) is 2.75 cm³/mol. The first kappa shape index (κ1) is 62.9.